The number of unbranched alkanes of at least 4 members (excludes halogenated alkanes) is 1. The molecule has 0 bridgehead atoms. The number of carbonyl (C=O) groups is 2. The van der Waals surface area contributed by atoms with Crippen molar-refractivity contribution in [2.45, 2.75) is 58.4 Å². The molecule has 0 saturated heterocycles. The first-order valence-electron chi connectivity index (χ1n) is 11.3. The van der Waals surface area contributed by atoms with E-state index in [4.69, 9.17) is 0 Å². The number of thioether (sulfide) groups is 1. The number of aryl methyl sites for hydroxylation is 1. The molecule has 2 amide bonds. The molecule has 2 rings (SSSR count). The van der Waals surface area contributed by atoms with E-state index >= 15 is 0 Å². The van der Waals surface area contributed by atoms with Crippen LogP contribution in [0.2, 0.25) is 0 Å². The molecule has 8 heteroatoms. The van der Waals surface area contributed by atoms with Crippen molar-refractivity contribution in [1.82, 2.24) is 10.2 Å². The molecular weight excluding hydrogens is 438 g/mol. The molecule has 1 unspecified atom stereocenters. The molecule has 0 heterocycles. The molecule has 178 valence electrons. The summed E-state index contributed by atoms with van der Waals surface area (Å²) in [5.74, 6) is 0.565. The van der Waals surface area contributed by atoms with Gasteiger partial charge in [0.25, 0.3) is 5.69 Å². The Balaban J connectivity index is 2.07. The summed E-state index contributed by atoms with van der Waals surface area (Å²) in [7, 11) is 0. The molecule has 0 saturated carbocycles. The number of nitrogens with one attached hydrogen (secondary N) is 1. The van der Waals surface area contributed by atoms with Crippen molar-refractivity contribution in [2.24, 2.45) is 0 Å². The number of benzene rings is 2. The Morgan fingerprint density at radius 3 is 2.27 bits per heavy atom. The van der Waals surface area contributed by atoms with Gasteiger partial charge in [-0.05, 0) is 30.9 Å². The van der Waals surface area contributed by atoms with Crippen molar-refractivity contribution >= 4 is 29.3 Å². The summed E-state index contributed by atoms with van der Waals surface area (Å²) >= 11 is 1.44. The van der Waals surface area contributed by atoms with E-state index in [2.05, 4.69) is 12.2 Å². The van der Waals surface area contributed by atoms with Gasteiger partial charge in [0.1, 0.15) is 6.04 Å². The number of nitro benzene ring substituents is 1. The quantitative estimate of drug-likeness (QED) is 0.256. The van der Waals surface area contributed by atoms with Gasteiger partial charge in [-0.25, -0.2) is 0 Å². The highest BCUT2D eigenvalue weighted by Crippen LogP contribution is 2.19. The van der Waals surface area contributed by atoms with Gasteiger partial charge in [-0.2, -0.15) is 0 Å². The van der Waals surface area contributed by atoms with Gasteiger partial charge < -0.3 is 10.2 Å². The van der Waals surface area contributed by atoms with Crippen molar-refractivity contribution in [1.29, 1.82) is 0 Å². The number of rotatable bonds is 13. The predicted octanol–water partition coefficient (Wildman–Crippen LogP) is 4.86. The van der Waals surface area contributed by atoms with Crippen molar-refractivity contribution < 1.29 is 14.5 Å². The van der Waals surface area contributed by atoms with Crippen LogP contribution in [0, 0.1) is 17.0 Å². The summed E-state index contributed by atoms with van der Waals surface area (Å²) in [6, 6.07) is 13.8. The summed E-state index contributed by atoms with van der Waals surface area (Å²) < 4.78 is 0. The van der Waals surface area contributed by atoms with E-state index in [1.54, 1.807) is 17.0 Å². The van der Waals surface area contributed by atoms with Gasteiger partial charge >= 0.3 is 0 Å². The molecule has 0 spiro atoms. The van der Waals surface area contributed by atoms with E-state index in [1.165, 1.54) is 23.9 Å². The first kappa shape index (κ1) is 26.4. The Hall–Kier alpha value is -2.87. The normalized spacial score (nSPS) is 11.6. The van der Waals surface area contributed by atoms with Gasteiger partial charge in [0.15, 0.2) is 0 Å². The zero-order chi connectivity index (χ0) is 24.2. The molecule has 0 radical (unpaired) electrons. The van der Waals surface area contributed by atoms with Crippen LogP contribution < -0.4 is 5.32 Å². The lowest BCUT2D eigenvalue weighted by Gasteiger charge is -2.30. The number of hydrogen-bond donors (Lipinski definition) is 1. The lowest BCUT2D eigenvalue weighted by Crippen LogP contribution is -2.49. The smallest absolute Gasteiger partial charge is 0.269 e. The Morgan fingerprint density at radius 1 is 1.06 bits per heavy atom. The summed E-state index contributed by atoms with van der Waals surface area (Å²) in [5, 5.41) is 13.8. The van der Waals surface area contributed by atoms with E-state index in [0.717, 1.165) is 29.5 Å². The minimum atomic E-state index is -0.532. The van der Waals surface area contributed by atoms with E-state index in [1.807, 2.05) is 38.1 Å². The Bertz CT molecular complexity index is 916. The molecule has 33 heavy (non-hydrogen) atoms. The van der Waals surface area contributed by atoms with Gasteiger partial charge in [-0.15, -0.1) is 11.8 Å². The molecule has 7 nitrogen and oxygen atoms in total. The second-order valence-electron chi connectivity index (χ2n) is 7.99. The highest BCUT2D eigenvalue weighted by Gasteiger charge is 2.28. The number of carbonyl (C=O) groups excluding carboxylic acids is 2. The SMILES string of the molecule is CCCCNC(=O)C(CC)N(Cc1ccc(C)cc1)C(=O)CSCc1ccc([N+](=O)[O-])cc1. The predicted molar refractivity (Wildman–Crippen MR) is 133 cm³/mol. The fraction of sp³-hybridized carbons (Fsp3) is 0.440. The Kier molecular flexibility index (Phi) is 10.9. The lowest BCUT2D eigenvalue weighted by molar-refractivity contribution is -0.384. The van der Waals surface area contributed by atoms with E-state index < -0.39 is 11.0 Å². The first-order valence-corrected chi connectivity index (χ1v) is 12.4. The average molecular weight is 472 g/mol. The maximum Gasteiger partial charge on any atom is 0.269 e. The van der Waals surface area contributed by atoms with Gasteiger partial charge in [-0.1, -0.05) is 62.2 Å². The maximum atomic E-state index is 13.2. The lowest BCUT2D eigenvalue weighted by atomic mass is 10.1. The van der Waals surface area contributed by atoms with Crippen LogP contribution in [-0.4, -0.2) is 40.0 Å². The van der Waals surface area contributed by atoms with Crippen molar-refractivity contribution in [2.75, 3.05) is 12.3 Å². The molecular formula is C25H33N3O4S. The molecule has 0 aliphatic rings. The van der Waals surface area contributed by atoms with Gasteiger partial charge in [0, 0.05) is 31.0 Å². The van der Waals surface area contributed by atoms with Crippen LogP contribution in [0.1, 0.15) is 49.8 Å². The van der Waals surface area contributed by atoms with Crippen molar-refractivity contribution in [3.8, 4) is 0 Å². The number of nitro groups is 1. The van der Waals surface area contributed by atoms with Crippen molar-refractivity contribution in [3.63, 3.8) is 0 Å². The standard InChI is InChI=1S/C25H33N3O4S/c1-4-6-15-26-25(30)23(5-2)27(16-20-9-7-19(3)8-10-20)24(29)18-33-17-21-11-13-22(14-12-21)28(31)32/h7-14,23H,4-6,15-18H2,1-3H3,(H,26,30). The Labute approximate surface area is 200 Å². The molecule has 0 fully saturated rings. The minimum absolute atomic E-state index is 0.0453. The average Bonchev–Trinajstić information content (AvgIpc) is 2.80. The topological polar surface area (TPSA) is 92.6 Å². The fourth-order valence-electron chi connectivity index (χ4n) is 3.37. The third-order valence-electron chi connectivity index (χ3n) is 5.33. The van der Waals surface area contributed by atoms with Gasteiger partial charge in [0.2, 0.25) is 11.8 Å². The fourth-order valence-corrected chi connectivity index (χ4v) is 4.24. The van der Waals surface area contributed by atoms with Crippen LogP contribution in [0.4, 0.5) is 5.69 Å². The van der Waals surface area contributed by atoms with E-state index in [0.29, 0.717) is 25.3 Å². The van der Waals surface area contributed by atoms with Crippen LogP contribution in [0.5, 0.6) is 0 Å². The summed E-state index contributed by atoms with van der Waals surface area (Å²) in [6.07, 6.45) is 2.42. The molecule has 0 aliphatic carbocycles. The molecule has 0 aromatic heterocycles. The summed E-state index contributed by atoms with van der Waals surface area (Å²) in [5.41, 5.74) is 3.07. The van der Waals surface area contributed by atoms with Crippen LogP contribution in [0.3, 0.4) is 0 Å². The van der Waals surface area contributed by atoms with E-state index in [9.17, 15) is 19.7 Å². The maximum absolute atomic E-state index is 13.2. The number of nitrogens with zero attached hydrogens (tertiary/aromatic N) is 2. The molecule has 2 aromatic carbocycles. The van der Waals surface area contributed by atoms with Crippen LogP contribution in [0.15, 0.2) is 48.5 Å². The van der Waals surface area contributed by atoms with E-state index in [-0.39, 0.29) is 23.3 Å². The zero-order valence-corrected chi connectivity index (χ0v) is 20.4. The third-order valence-corrected chi connectivity index (χ3v) is 6.32. The second-order valence-corrected chi connectivity index (χ2v) is 8.98. The Morgan fingerprint density at radius 2 is 1.70 bits per heavy atom. The zero-order valence-electron chi connectivity index (χ0n) is 19.6. The summed E-state index contributed by atoms with van der Waals surface area (Å²) in [6.45, 7) is 6.98. The third kappa shape index (κ3) is 8.53. The first-order chi connectivity index (χ1) is 15.8. The molecule has 1 N–H and O–H groups in total. The minimum Gasteiger partial charge on any atom is -0.354 e. The monoisotopic (exact) mass is 471 g/mol. The van der Waals surface area contributed by atoms with Crippen molar-refractivity contribution in [3.05, 3.63) is 75.3 Å². The summed E-state index contributed by atoms with van der Waals surface area (Å²) in [4.78, 5) is 38.1. The number of hydrogen-bond acceptors (Lipinski definition) is 5. The van der Waals surface area contributed by atoms with Gasteiger partial charge in [0.05, 0.1) is 10.7 Å². The second kappa shape index (κ2) is 13.6. The van der Waals surface area contributed by atoms with Crippen LogP contribution in [-0.2, 0) is 21.9 Å². The number of amides is 2. The molecule has 0 aliphatic heterocycles. The highest BCUT2D eigenvalue weighted by molar-refractivity contribution is 7.99. The van der Waals surface area contributed by atoms with Gasteiger partial charge in [-0.3, -0.25) is 19.7 Å². The number of non-ortho nitro benzene ring substituents is 1. The van der Waals surface area contributed by atoms with Crippen LogP contribution in [0.25, 0.3) is 0 Å². The van der Waals surface area contributed by atoms with Crippen LogP contribution >= 0.6 is 11.8 Å². The molecule has 2 aromatic rings. The largest absolute Gasteiger partial charge is 0.354 e. The highest BCUT2D eigenvalue weighted by atomic mass is 32.2. The molecule has 1 atom stereocenters.